The zero-order chi connectivity index (χ0) is 13.1. The van der Waals surface area contributed by atoms with Crippen molar-refractivity contribution in [3.05, 3.63) is 30.0 Å². The van der Waals surface area contributed by atoms with Gasteiger partial charge in [-0.3, -0.25) is 10.1 Å². The molecule has 0 saturated carbocycles. The van der Waals surface area contributed by atoms with Crippen molar-refractivity contribution in [3.63, 3.8) is 0 Å². The van der Waals surface area contributed by atoms with Crippen molar-refractivity contribution < 1.29 is 14.3 Å². The first-order chi connectivity index (χ1) is 8.65. The fourth-order valence-electron chi connectivity index (χ4n) is 1.88. The van der Waals surface area contributed by atoms with Crippen LogP contribution < -0.4 is 5.32 Å². The molecule has 1 N–H and O–H groups in total. The van der Waals surface area contributed by atoms with Gasteiger partial charge in [-0.25, -0.2) is 4.79 Å². The number of carbonyl (C=O) groups is 2. The average Bonchev–Trinajstić information content (AvgIpc) is 2.66. The van der Waals surface area contributed by atoms with Gasteiger partial charge in [0.05, 0.1) is 6.61 Å². The van der Waals surface area contributed by atoms with Gasteiger partial charge in [0.2, 0.25) is 0 Å². The Hall–Kier alpha value is -2.30. The van der Waals surface area contributed by atoms with E-state index in [1.54, 1.807) is 25.3 Å². The Morgan fingerprint density at radius 3 is 2.94 bits per heavy atom. The number of amides is 1. The molecule has 0 radical (unpaired) electrons. The summed E-state index contributed by atoms with van der Waals surface area (Å²) in [6.07, 6.45) is 2.06. The number of hydrogen-bond acceptors (Lipinski definition) is 3. The van der Waals surface area contributed by atoms with Crippen molar-refractivity contribution in [3.8, 4) is 0 Å². The molecule has 1 heterocycles. The first-order valence-electron chi connectivity index (χ1n) is 5.63. The predicted molar refractivity (Wildman–Crippen MR) is 69.0 cm³/mol. The molecule has 5 heteroatoms. The van der Waals surface area contributed by atoms with Crippen LogP contribution in [0.25, 0.3) is 10.9 Å². The summed E-state index contributed by atoms with van der Waals surface area (Å²) in [4.78, 5) is 22.2. The molecule has 1 aromatic heterocycles. The maximum atomic E-state index is 11.3. The highest BCUT2D eigenvalue weighted by Crippen LogP contribution is 2.23. The molecule has 0 fully saturated rings. The number of aryl methyl sites for hydroxylation is 1. The molecule has 0 bridgehead atoms. The van der Waals surface area contributed by atoms with E-state index >= 15 is 0 Å². The van der Waals surface area contributed by atoms with Gasteiger partial charge >= 0.3 is 6.09 Å². The van der Waals surface area contributed by atoms with Crippen LogP contribution >= 0.6 is 0 Å². The fourth-order valence-corrected chi connectivity index (χ4v) is 1.88. The molecule has 1 aromatic carbocycles. The summed E-state index contributed by atoms with van der Waals surface area (Å²) in [5, 5.41) is 3.42. The summed E-state index contributed by atoms with van der Waals surface area (Å²) in [5.41, 5.74) is 2.14. The van der Waals surface area contributed by atoms with E-state index in [0.29, 0.717) is 17.9 Å². The standard InChI is InChI=1S/C13H14N2O3/c1-3-18-13(17)14-10-4-5-12-11(6-10)9(8-16)7-15(12)2/h4-8H,3H2,1-2H3,(H,14,17). The maximum absolute atomic E-state index is 11.3. The second-order valence-electron chi connectivity index (χ2n) is 3.89. The van der Waals surface area contributed by atoms with E-state index < -0.39 is 6.09 Å². The minimum Gasteiger partial charge on any atom is -0.450 e. The number of rotatable bonds is 3. The van der Waals surface area contributed by atoms with Gasteiger partial charge in [0.15, 0.2) is 6.29 Å². The van der Waals surface area contributed by atoms with Crippen molar-refractivity contribution in [1.29, 1.82) is 0 Å². The van der Waals surface area contributed by atoms with Gasteiger partial charge in [0, 0.05) is 35.4 Å². The first-order valence-corrected chi connectivity index (χ1v) is 5.63. The van der Waals surface area contributed by atoms with E-state index in [9.17, 15) is 9.59 Å². The average molecular weight is 246 g/mol. The van der Waals surface area contributed by atoms with Gasteiger partial charge in [-0.05, 0) is 25.1 Å². The van der Waals surface area contributed by atoms with Crippen LogP contribution in [0.4, 0.5) is 10.5 Å². The second kappa shape index (κ2) is 4.91. The van der Waals surface area contributed by atoms with Crippen molar-refractivity contribution in [2.24, 2.45) is 7.05 Å². The molecule has 2 rings (SSSR count). The van der Waals surface area contributed by atoms with Crippen LogP contribution in [-0.4, -0.2) is 23.6 Å². The lowest BCUT2D eigenvalue weighted by atomic mass is 10.1. The quantitative estimate of drug-likeness (QED) is 0.847. The monoisotopic (exact) mass is 246 g/mol. The number of nitrogens with zero attached hydrogens (tertiary/aromatic N) is 1. The molecule has 0 aliphatic rings. The van der Waals surface area contributed by atoms with Crippen LogP contribution in [-0.2, 0) is 11.8 Å². The molecule has 94 valence electrons. The summed E-state index contributed by atoms with van der Waals surface area (Å²) in [6, 6.07) is 5.38. The molecule has 5 nitrogen and oxygen atoms in total. The minimum absolute atomic E-state index is 0.318. The van der Waals surface area contributed by atoms with E-state index in [4.69, 9.17) is 4.74 Å². The highest BCUT2D eigenvalue weighted by Gasteiger charge is 2.08. The summed E-state index contributed by atoms with van der Waals surface area (Å²) >= 11 is 0. The van der Waals surface area contributed by atoms with Crippen molar-refractivity contribution >= 4 is 29.0 Å². The Bertz CT molecular complexity index is 602. The Balaban J connectivity index is 2.37. The third-order valence-electron chi connectivity index (χ3n) is 2.67. The summed E-state index contributed by atoms with van der Waals surface area (Å²) in [6.45, 7) is 2.06. The molecule has 0 spiro atoms. The normalized spacial score (nSPS) is 10.3. The number of anilines is 1. The Morgan fingerprint density at radius 1 is 1.50 bits per heavy atom. The third-order valence-corrected chi connectivity index (χ3v) is 2.67. The van der Waals surface area contributed by atoms with Crippen molar-refractivity contribution in [1.82, 2.24) is 4.57 Å². The highest BCUT2D eigenvalue weighted by molar-refractivity contribution is 6.00. The Labute approximate surface area is 104 Å². The molecule has 0 saturated heterocycles. The molecule has 0 aliphatic heterocycles. The topological polar surface area (TPSA) is 60.3 Å². The number of hydrogen-bond donors (Lipinski definition) is 1. The largest absolute Gasteiger partial charge is 0.450 e. The maximum Gasteiger partial charge on any atom is 0.411 e. The number of aldehydes is 1. The number of nitrogens with one attached hydrogen (secondary N) is 1. The van der Waals surface area contributed by atoms with E-state index in [-0.39, 0.29) is 0 Å². The van der Waals surface area contributed by atoms with E-state index in [0.717, 1.165) is 17.2 Å². The Morgan fingerprint density at radius 2 is 2.28 bits per heavy atom. The lowest BCUT2D eigenvalue weighted by molar-refractivity contribution is 0.112. The molecule has 0 unspecified atom stereocenters. The zero-order valence-electron chi connectivity index (χ0n) is 10.3. The first kappa shape index (κ1) is 12.2. The van der Waals surface area contributed by atoms with Crippen LogP contribution in [0.5, 0.6) is 0 Å². The molecule has 2 aromatic rings. The lowest BCUT2D eigenvalue weighted by Gasteiger charge is -2.05. The number of benzene rings is 1. The van der Waals surface area contributed by atoms with Crippen molar-refractivity contribution in [2.75, 3.05) is 11.9 Å². The number of ether oxygens (including phenoxy) is 1. The minimum atomic E-state index is -0.500. The second-order valence-corrected chi connectivity index (χ2v) is 3.89. The van der Waals surface area contributed by atoms with Crippen LogP contribution in [0, 0.1) is 0 Å². The molecule has 18 heavy (non-hydrogen) atoms. The molecule has 1 amide bonds. The van der Waals surface area contributed by atoms with Gasteiger partial charge in [0.1, 0.15) is 0 Å². The SMILES string of the molecule is CCOC(=O)Nc1ccc2c(c1)c(C=O)cn2C. The molecular formula is C13H14N2O3. The molecule has 0 aliphatic carbocycles. The van der Waals surface area contributed by atoms with Crippen LogP contribution in [0.3, 0.4) is 0 Å². The Kier molecular flexibility index (Phi) is 3.32. The van der Waals surface area contributed by atoms with Crippen LogP contribution in [0.15, 0.2) is 24.4 Å². The summed E-state index contributed by atoms with van der Waals surface area (Å²) < 4.78 is 6.66. The van der Waals surface area contributed by atoms with E-state index in [1.807, 2.05) is 17.7 Å². The van der Waals surface area contributed by atoms with Gasteiger partial charge in [0.25, 0.3) is 0 Å². The number of carbonyl (C=O) groups excluding carboxylic acids is 2. The van der Waals surface area contributed by atoms with Gasteiger partial charge in [-0.1, -0.05) is 0 Å². The van der Waals surface area contributed by atoms with Crippen LogP contribution in [0.1, 0.15) is 17.3 Å². The summed E-state index contributed by atoms with van der Waals surface area (Å²) in [7, 11) is 1.87. The third kappa shape index (κ3) is 2.20. The highest BCUT2D eigenvalue weighted by atomic mass is 16.5. The van der Waals surface area contributed by atoms with Gasteiger partial charge in [-0.2, -0.15) is 0 Å². The molecular weight excluding hydrogens is 232 g/mol. The molecule has 0 atom stereocenters. The number of fused-ring (bicyclic) bond motifs is 1. The van der Waals surface area contributed by atoms with Gasteiger partial charge in [-0.15, -0.1) is 0 Å². The smallest absolute Gasteiger partial charge is 0.411 e. The zero-order valence-corrected chi connectivity index (χ0v) is 10.3. The fraction of sp³-hybridized carbons (Fsp3) is 0.231. The predicted octanol–water partition coefficient (Wildman–Crippen LogP) is 2.56. The van der Waals surface area contributed by atoms with Crippen molar-refractivity contribution in [2.45, 2.75) is 6.92 Å². The summed E-state index contributed by atoms with van der Waals surface area (Å²) in [5.74, 6) is 0. The van der Waals surface area contributed by atoms with E-state index in [2.05, 4.69) is 5.32 Å². The van der Waals surface area contributed by atoms with Crippen LogP contribution in [0.2, 0.25) is 0 Å². The lowest BCUT2D eigenvalue weighted by Crippen LogP contribution is -2.13. The van der Waals surface area contributed by atoms with E-state index in [1.165, 1.54) is 0 Å². The number of aromatic nitrogens is 1. The van der Waals surface area contributed by atoms with Gasteiger partial charge < -0.3 is 9.30 Å².